The Labute approximate surface area is 126 Å². The maximum atomic E-state index is 11.9. The zero-order chi connectivity index (χ0) is 15.5. The predicted molar refractivity (Wildman–Crippen MR) is 82.0 cm³/mol. The Kier molecular flexibility index (Phi) is 7.94. The van der Waals surface area contributed by atoms with Gasteiger partial charge in [0.25, 0.3) is 5.91 Å². The predicted octanol–water partition coefficient (Wildman–Crippen LogP) is 2.82. The first-order valence-electron chi connectivity index (χ1n) is 7.49. The smallest absolute Gasteiger partial charge is 0.269 e. The van der Waals surface area contributed by atoms with Crippen molar-refractivity contribution >= 4 is 11.8 Å². The number of hydrogen-bond donors (Lipinski definition) is 2. The molecule has 2 N–H and O–H groups in total. The number of hydrogen-bond acceptors (Lipinski definition) is 3. The molecular weight excluding hydrogens is 268 g/mol. The van der Waals surface area contributed by atoms with Crippen molar-refractivity contribution in [2.45, 2.75) is 46.0 Å². The van der Waals surface area contributed by atoms with Crippen molar-refractivity contribution < 1.29 is 14.3 Å². The van der Waals surface area contributed by atoms with Gasteiger partial charge in [0.1, 0.15) is 5.75 Å². The maximum Gasteiger partial charge on any atom is 0.269 e. The lowest BCUT2D eigenvalue weighted by Gasteiger charge is -2.09. The third kappa shape index (κ3) is 6.79. The van der Waals surface area contributed by atoms with Crippen molar-refractivity contribution in [3.8, 4) is 5.75 Å². The summed E-state index contributed by atoms with van der Waals surface area (Å²) in [6.45, 7) is 4.71. The van der Waals surface area contributed by atoms with Crippen LogP contribution in [0, 0.1) is 0 Å². The monoisotopic (exact) mass is 292 g/mol. The highest BCUT2D eigenvalue weighted by Gasteiger charge is 2.08. The number of unbranched alkanes of at least 4 members (excludes halogenated alkanes) is 2. The number of nitrogens with one attached hydrogen (secondary N) is 2. The van der Waals surface area contributed by atoms with Crippen LogP contribution < -0.4 is 15.6 Å². The standard InChI is InChI=1S/C16H24N2O3/c1-3-5-6-10-15(19)17-18-16(20)13-8-7-9-14(12-13)21-11-4-2/h7-9,12H,3-6,10-11H2,1-2H3,(H,17,19)(H,18,20). The summed E-state index contributed by atoms with van der Waals surface area (Å²) in [5.41, 5.74) is 5.29. The van der Waals surface area contributed by atoms with Gasteiger partial charge in [0.2, 0.25) is 5.91 Å². The fourth-order valence-electron chi connectivity index (χ4n) is 1.74. The molecule has 5 heteroatoms. The summed E-state index contributed by atoms with van der Waals surface area (Å²) in [5.74, 6) is 0.134. The SMILES string of the molecule is CCCCCC(=O)NNC(=O)c1cccc(OCCC)c1. The Balaban J connectivity index is 2.42. The van der Waals surface area contributed by atoms with Gasteiger partial charge in [-0.1, -0.05) is 32.8 Å². The van der Waals surface area contributed by atoms with E-state index in [4.69, 9.17) is 4.74 Å². The third-order valence-electron chi connectivity index (χ3n) is 2.89. The minimum absolute atomic E-state index is 0.171. The largest absolute Gasteiger partial charge is 0.494 e. The van der Waals surface area contributed by atoms with Crippen LogP contribution in [0.15, 0.2) is 24.3 Å². The second-order valence-electron chi connectivity index (χ2n) is 4.84. The highest BCUT2D eigenvalue weighted by atomic mass is 16.5. The number of benzene rings is 1. The van der Waals surface area contributed by atoms with Crippen LogP contribution in [0.4, 0.5) is 0 Å². The Bertz CT molecular complexity index is 461. The molecule has 0 aliphatic rings. The Hall–Kier alpha value is -2.04. The first-order valence-corrected chi connectivity index (χ1v) is 7.49. The molecule has 0 unspecified atom stereocenters. The molecule has 1 aromatic rings. The minimum atomic E-state index is -0.346. The molecule has 0 fully saturated rings. The first kappa shape index (κ1) is 17.0. The molecule has 2 amide bonds. The van der Waals surface area contributed by atoms with E-state index in [1.54, 1.807) is 24.3 Å². The highest BCUT2D eigenvalue weighted by molar-refractivity contribution is 5.95. The molecule has 0 radical (unpaired) electrons. The number of carbonyl (C=O) groups excluding carboxylic acids is 2. The Morgan fingerprint density at radius 1 is 1.10 bits per heavy atom. The summed E-state index contributed by atoms with van der Waals surface area (Å²) in [4.78, 5) is 23.4. The van der Waals surface area contributed by atoms with Crippen LogP contribution in [-0.2, 0) is 4.79 Å². The van der Waals surface area contributed by atoms with Gasteiger partial charge in [-0.05, 0) is 31.0 Å². The molecule has 1 aromatic carbocycles. The van der Waals surface area contributed by atoms with Crippen LogP contribution in [0.3, 0.4) is 0 Å². The van der Waals surface area contributed by atoms with Crippen LogP contribution in [0.1, 0.15) is 56.3 Å². The number of ether oxygens (including phenoxy) is 1. The summed E-state index contributed by atoms with van der Waals surface area (Å²) in [6, 6.07) is 6.89. The van der Waals surface area contributed by atoms with Crippen molar-refractivity contribution in [2.24, 2.45) is 0 Å². The summed E-state index contributed by atoms with van der Waals surface area (Å²) in [6.07, 6.45) is 4.24. The third-order valence-corrected chi connectivity index (χ3v) is 2.89. The van der Waals surface area contributed by atoms with Crippen LogP contribution in [0.2, 0.25) is 0 Å². The summed E-state index contributed by atoms with van der Waals surface area (Å²) in [7, 11) is 0. The lowest BCUT2D eigenvalue weighted by atomic mass is 10.2. The molecule has 0 aliphatic carbocycles. The number of carbonyl (C=O) groups is 2. The molecule has 0 saturated heterocycles. The molecule has 0 aromatic heterocycles. The summed E-state index contributed by atoms with van der Waals surface area (Å²) in [5, 5.41) is 0. The molecule has 1 rings (SSSR count). The van der Waals surface area contributed by atoms with Gasteiger partial charge in [0.15, 0.2) is 0 Å². The lowest BCUT2D eigenvalue weighted by molar-refractivity contribution is -0.121. The van der Waals surface area contributed by atoms with Gasteiger partial charge in [-0.3, -0.25) is 20.4 Å². The lowest BCUT2D eigenvalue weighted by Crippen LogP contribution is -2.41. The molecule has 0 saturated carbocycles. The van der Waals surface area contributed by atoms with Crippen molar-refractivity contribution in [1.82, 2.24) is 10.9 Å². The van der Waals surface area contributed by atoms with Gasteiger partial charge in [-0.15, -0.1) is 0 Å². The Morgan fingerprint density at radius 3 is 2.62 bits per heavy atom. The van der Waals surface area contributed by atoms with E-state index in [0.717, 1.165) is 25.7 Å². The molecule has 0 bridgehead atoms. The van der Waals surface area contributed by atoms with E-state index in [2.05, 4.69) is 17.8 Å². The minimum Gasteiger partial charge on any atom is -0.494 e. The van der Waals surface area contributed by atoms with E-state index in [1.165, 1.54) is 0 Å². The van der Waals surface area contributed by atoms with E-state index in [9.17, 15) is 9.59 Å². The highest BCUT2D eigenvalue weighted by Crippen LogP contribution is 2.13. The molecule has 5 nitrogen and oxygen atoms in total. The second kappa shape index (κ2) is 9.80. The number of hydrazine groups is 1. The van der Waals surface area contributed by atoms with E-state index >= 15 is 0 Å². The van der Waals surface area contributed by atoms with Gasteiger partial charge in [-0.25, -0.2) is 0 Å². The number of rotatable bonds is 8. The zero-order valence-electron chi connectivity index (χ0n) is 12.8. The molecular formula is C16H24N2O3. The first-order chi connectivity index (χ1) is 10.2. The normalized spacial score (nSPS) is 10.0. The number of amides is 2. The van der Waals surface area contributed by atoms with Crippen LogP contribution >= 0.6 is 0 Å². The van der Waals surface area contributed by atoms with Crippen molar-refractivity contribution in [1.29, 1.82) is 0 Å². The molecule has 21 heavy (non-hydrogen) atoms. The summed E-state index contributed by atoms with van der Waals surface area (Å²) < 4.78 is 5.47. The van der Waals surface area contributed by atoms with Gasteiger partial charge in [0.05, 0.1) is 6.61 Å². The molecule has 0 aliphatic heterocycles. The molecule has 0 atom stereocenters. The van der Waals surface area contributed by atoms with Crippen LogP contribution in [0.5, 0.6) is 5.75 Å². The molecule has 116 valence electrons. The van der Waals surface area contributed by atoms with Gasteiger partial charge in [-0.2, -0.15) is 0 Å². The molecule has 0 heterocycles. The summed E-state index contributed by atoms with van der Waals surface area (Å²) >= 11 is 0. The fraction of sp³-hybridized carbons (Fsp3) is 0.500. The van der Waals surface area contributed by atoms with E-state index in [1.807, 2.05) is 6.92 Å². The van der Waals surface area contributed by atoms with Gasteiger partial charge in [0, 0.05) is 12.0 Å². The van der Waals surface area contributed by atoms with Crippen molar-refractivity contribution in [2.75, 3.05) is 6.61 Å². The fourth-order valence-corrected chi connectivity index (χ4v) is 1.74. The topological polar surface area (TPSA) is 67.4 Å². The quantitative estimate of drug-likeness (QED) is 0.572. The van der Waals surface area contributed by atoms with Crippen LogP contribution in [0.25, 0.3) is 0 Å². The average molecular weight is 292 g/mol. The average Bonchev–Trinajstić information content (AvgIpc) is 2.51. The Morgan fingerprint density at radius 2 is 1.90 bits per heavy atom. The van der Waals surface area contributed by atoms with Crippen LogP contribution in [-0.4, -0.2) is 18.4 Å². The zero-order valence-corrected chi connectivity index (χ0v) is 12.8. The van der Waals surface area contributed by atoms with E-state index in [0.29, 0.717) is 24.3 Å². The van der Waals surface area contributed by atoms with Gasteiger partial charge < -0.3 is 4.74 Å². The van der Waals surface area contributed by atoms with Crippen molar-refractivity contribution in [3.63, 3.8) is 0 Å². The maximum absolute atomic E-state index is 11.9. The molecule has 0 spiro atoms. The van der Waals surface area contributed by atoms with E-state index in [-0.39, 0.29) is 11.8 Å². The van der Waals surface area contributed by atoms with Crippen molar-refractivity contribution in [3.05, 3.63) is 29.8 Å². The second-order valence-corrected chi connectivity index (χ2v) is 4.84. The van der Waals surface area contributed by atoms with Gasteiger partial charge >= 0.3 is 0 Å². The van der Waals surface area contributed by atoms with E-state index < -0.39 is 0 Å².